The lowest BCUT2D eigenvalue weighted by Gasteiger charge is -2.17. The van der Waals surface area contributed by atoms with E-state index in [0.717, 1.165) is 29.2 Å². The smallest absolute Gasteiger partial charge is 0.232 e. The normalized spacial score (nSPS) is 16.2. The summed E-state index contributed by atoms with van der Waals surface area (Å²) in [6, 6.07) is 10.5. The molecule has 25 heavy (non-hydrogen) atoms. The minimum absolute atomic E-state index is 0.193. The molecule has 0 saturated heterocycles. The summed E-state index contributed by atoms with van der Waals surface area (Å²) in [5.74, 6) is 0.900. The first-order valence-electron chi connectivity index (χ1n) is 8.69. The lowest BCUT2D eigenvalue weighted by atomic mass is 10.1. The van der Waals surface area contributed by atoms with Crippen molar-refractivity contribution >= 4 is 34.3 Å². The highest BCUT2D eigenvalue weighted by atomic mass is 32.1. The van der Waals surface area contributed by atoms with Crippen molar-refractivity contribution in [1.82, 2.24) is 4.98 Å². The monoisotopic (exact) mass is 366 g/mol. The highest BCUT2D eigenvalue weighted by Gasteiger charge is 2.28. The first-order chi connectivity index (χ1) is 12.3. The van der Waals surface area contributed by atoms with E-state index in [1.54, 1.807) is 22.7 Å². The molecule has 1 amide bonds. The van der Waals surface area contributed by atoms with Crippen LogP contribution in [0.5, 0.6) is 0 Å². The third-order valence-corrected chi connectivity index (χ3v) is 6.81. The topological polar surface area (TPSA) is 33.2 Å². The van der Waals surface area contributed by atoms with Gasteiger partial charge in [-0.3, -0.25) is 4.79 Å². The Morgan fingerprint density at radius 1 is 1.24 bits per heavy atom. The molecule has 3 nitrogen and oxygen atoms in total. The van der Waals surface area contributed by atoms with Gasteiger partial charge in [-0.15, -0.1) is 22.7 Å². The minimum Gasteiger partial charge on any atom is -0.312 e. The van der Waals surface area contributed by atoms with Crippen LogP contribution >= 0.6 is 22.7 Å². The predicted molar refractivity (Wildman–Crippen MR) is 104 cm³/mol. The second kappa shape index (κ2) is 6.07. The van der Waals surface area contributed by atoms with Gasteiger partial charge in [-0.1, -0.05) is 12.1 Å². The molecule has 1 aromatic carbocycles. The van der Waals surface area contributed by atoms with Crippen LogP contribution in [0.2, 0.25) is 0 Å². The number of amides is 1. The number of anilines is 1. The molecule has 0 radical (unpaired) electrons. The van der Waals surface area contributed by atoms with Gasteiger partial charge in [0.25, 0.3) is 0 Å². The Kier molecular flexibility index (Phi) is 3.71. The second-order valence-corrected chi connectivity index (χ2v) is 8.66. The fourth-order valence-corrected chi connectivity index (χ4v) is 5.11. The zero-order chi connectivity index (χ0) is 16.8. The molecule has 2 aliphatic rings. The molecule has 0 atom stereocenters. The minimum atomic E-state index is 0.193. The number of hydrogen-bond donors (Lipinski definition) is 0. The Bertz CT molecular complexity index is 925. The Morgan fingerprint density at radius 3 is 2.96 bits per heavy atom. The van der Waals surface area contributed by atoms with Crippen LogP contribution in [0.3, 0.4) is 0 Å². The van der Waals surface area contributed by atoms with Crippen LogP contribution in [0.25, 0.3) is 11.3 Å². The number of benzene rings is 1. The van der Waals surface area contributed by atoms with Gasteiger partial charge in [0, 0.05) is 34.0 Å². The average molecular weight is 367 g/mol. The summed E-state index contributed by atoms with van der Waals surface area (Å²) in [6.07, 6.45) is 4.01. The van der Waals surface area contributed by atoms with Gasteiger partial charge in [0.1, 0.15) is 0 Å². The fourth-order valence-electron chi connectivity index (χ4n) is 3.42. The van der Waals surface area contributed by atoms with Crippen molar-refractivity contribution < 1.29 is 4.79 Å². The van der Waals surface area contributed by atoms with E-state index in [9.17, 15) is 4.79 Å². The van der Waals surface area contributed by atoms with Gasteiger partial charge in [-0.25, -0.2) is 4.98 Å². The Balaban J connectivity index is 1.38. The predicted octanol–water partition coefficient (Wildman–Crippen LogP) is 4.88. The van der Waals surface area contributed by atoms with Crippen molar-refractivity contribution in [3.63, 3.8) is 0 Å². The van der Waals surface area contributed by atoms with Gasteiger partial charge >= 0.3 is 0 Å². The molecule has 126 valence electrons. The van der Waals surface area contributed by atoms with Crippen LogP contribution in [-0.2, 0) is 17.6 Å². The molecular formula is C20H18N2OS2. The van der Waals surface area contributed by atoms with E-state index in [1.165, 1.54) is 29.0 Å². The number of nitrogens with zero attached hydrogens (tertiary/aromatic N) is 2. The van der Waals surface area contributed by atoms with Gasteiger partial charge in [0.15, 0.2) is 0 Å². The molecule has 1 aliphatic carbocycles. The van der Waals surface area contributed by atoms with E-state index in [-0.39, 0.29) is 5.91 Å². The molecule has 0 spiro atoms. The Labute approximate surface area is 155 Å². The molecule has 1 saturated carbocycles. The van der Waals surface area contributed by atoms with Crippen molar-refractivity contribution in [2.75, 3.05) is 11.4 Å². The molecule has 1 fully saturated rings. The van der Waals surface area contributed by atoms with Gasteiger partial charge in [0.05, 0.1) is 17.1 Å². The molecular weight excluding hydrogens is 348 g/mol. The van der Waals surface area contributed by atoms with Gasteiger partial charge < -0.3 is 4.90 Å². The summed E-state index contributed by atoms with van der Waals surface area (Å²) in [4.78, 5) is 20.5. The van der Waals surface area contributed by atoms with E-state index in [2.05, 4.69) is 23.6 Å². The van der Waals surface area contributed by atoms with Crippen LogP contribution in [0.15, 0.2) is 41.1 Å². The summed E-state index contributed by atoms with van der Waals surface area (Å²) >= 11 is 3.43. The summed E-state index contributed by atoms with van der Waals surface area (Å²) in [5, 5.41) is 5.48. The Hall–Kier alpha value is -1.98. The number of fused-ring (bicyclic) bond motifs is 1. The summed E-state index contributed by atoms with van der Waals surface area (Å²) in [6.45, 7) is 0.785. The average Bonchev–Trinajstić information content (AvgIpc) is 3.06. The lowest BCUT2D eigenvalue weighted by molar-refractivity contribution is -0.117. The van der Waals surface area contributed by atoms with Crippen LogP contribution < -0.4 is 4.90 Å². The maximum Gasteiger partial charge on any atom is 0.232 e. The van der Waals surface area contributed by atoms with Crippen LogP contribution in [0, 0.1) is 0 Å². The first-order valence-corrected chi connectivity index (χ1v) is 10.5. The van der Waals surface area contributed by atoms with E-state index >= 15 is 0 Å². The summed E-state index contributed by atoms with van der Waals surface area (Å²) in [7, 11) is 0. The molecule has 1 aliphatic heterocycles. The second-order valence-electron chi connectivity index (χ2n) is 6.74. The summed E-state index contributed by atoms with van der Waals surface area (Å²) in [5.41, 5.74) is 4.59. The zero-order valence-corrected chi connectivity index (χ0v) is 15.4. The number of carbonyl (C=O) groups is 1. The third-order valence-electron chi connectivity index (χ3n) is 4.93. The molecule has 5 heteroatoms. The maximum absolute atomic E-state index is 12.6. The molecule has 3 aromatic rings. The van der Waals surface area contributed by atoms with E-state index < -0.39 is 0 Å². The third kappa shape index (κ3) is 2.92. The van der Waals surface area contributed by atoms with Gasteiger partial charge in [0.2, 0.25) is 5.91 Å². The molecule has 3 heterocycles. The van der Waals surface area contributed by atoms with E-state index in [1.807, 2.05) is 22.4 Å². The number of thiazole rings is 1. The SMILES string of the molecule is O=C(Cc1cccs1)N1CCc2cc(-c3csc(C4CC4)n3)ccc21. The number of hydrogen-bond acceptors (Lipinski definition) is 4. The van der Waals surface area contributed by atoms with Gasteiger partial charge in [-0.05, 0) is 48.4 Å². The molecule has 0 unspecified atom stereocenters. The molecule has 5 rings (SSSR count). The zero-order valence-electron chi connectivity index (χ0n) is 13.8. The van der Waals surface area contributed by atoms with Crippen molar-refractivity contribution in [3.05, 3.63) is 56.5 Å². The highest BCUT2D eigenvalue weighted by Crippen LogP contribution is 2.43. The van der Waals surface area contributed by atoms with Crippen LogP contribution in [-0.4, -0.2) is 17.4 Å². The summed E-state index contributed by atoms with van der Waals surface area (Å²) < 4.78 is 0. The molecule has 0 N–H and O–H groups in total. The molecule has 2 aromatic heterocycles. The van der Waals surface area contributed by atoms with Crippen molar-refractivity contribution in [1.29, 1.82) is 0 Å². The number of rotatable bonds is 4. The van der Waals surface area contributed by atoms with E-state index in [0.29, 0.717) is 12.3 Å². The van der Waals surface area contributed by atoms with Gasteiger partial charge in [-0.2, -0.15) is 0 Å². The standard InChI is InChI=1S/C20H18N2OS2/c23-19(11-16-2-1-9-24-16)22-8-7-15-10-14(5-6-18(15)22)17-12-25-20(21-17)13-3-4-13/h1-2,5-6,9-10,12-13H,3-4,7-8,11H2. The largest absolute Gasteiger partial charge is 0.312 e. The van der Waals surface area contributed by atoms with Crippen molar-refractivity contribution in [2.45, 2.75) is 31.6 Å². The maximum atomic E-state index is 12.6. The van der Waals surface area contributed by atoms with Crippen molar-refractivity contribution in [2.24, 2.45) is 0 Å². The quantitative estimate of drug-likeness (QED) is 0.659. The van der Waals surface area contributed by atoms with E-state index in [4.69, 9.17) is 4.98 Å². The number of aromatic nitrogens is 1. The first kappa shape index (κ1) is 15.3. The fraction of sp³-hybridized carbons (Fsp3) is 0.300. The number of thiophene rings is 1. The lowest BCUT2D eigenvalue weighted by Crippen LogP contribution is -2.30. The van der Waals surface area contributed by atoms with Crippen LogP contribution in [0.1, 0.15) is 34.2 Å². The van der Waals surface area contributed by atoms with Crippen molar-refractivity contribution in [3.8, 4) is 11.3 Å². The van der Waals surface area contributed by atoms with Crippen LogP contribution in [0.4, 0.5) is 5.69 Å². The molecule has 0 bridgehead atoms. The highest BCUT2D eigenvalue weighted by molar-refractivity contribution is 7.10. The number of carbonyl (C=O) groups excluding carboxylic acids is 1. The Morgan fingerprint density at radius 2 is 2.16 bits per heavy atom.